The van der Waals surface area contributed by atoms with E-state index in [4.69, 9.17) is 13.3 Å². The van der Waals surface area contributed by atoms with Crippen LogP contribution in [-0.2, 0) is 6.50 Å². The Morgan fingerprint density at radius 2 is 2.89 bits per heavy atom. The van der Waals surface area contributed by atoms with Crippen LogP contribution in [0.15, 0.2) is 16.8 Å². The number of aryl methyl sites for hydroxylation is 1. The molecular weight excluding hydrogens is 184 g/mol. The number of aliphatic hydroxyl groups is 1. The molecule has 1 heterocycles. The average molecular weight is 197 g/mol. The summed E-state index contributed by atoms with van der Waals surface area (Å²) in [6, 6.07) is -0.372. The Labute approximate surface area is 69.9 Å². The van der Waals surface area contributed by atoms with Crippen LogP contribution in [0.5, 0.6) is 0 Å². The van der Waals surface area contributed by atoms with Crippen LogP contribution in [-0.4, -0.2) is 21.4 Å². The van der Waals surface area contributed by atoms with Gasteiger partial charge in [-0.15, -0.1) is 0 Å². The van der Waals surface area contributed by atoms with Crippen molar-refractivity contribution in [3.05, 3.63) is 16.8 Å². The highest BCUT2D eigenvalue weighted by molar-refractivity contribution is 9.10. The molecule has 0 radical (unpaired) electrons. The topological polar surface area (TPSA) is 38.0 Å². The summed E-state index contributed by atoms with van der Waals surface area (Å²) in [4.78, 5) is 0. The van der Waals surface area contributed by atoms with Crippen molar-refractivity contribution in [2.45, 2.75) is 6.50 Å². The SMILES string of the molecule is [2H]c1c(Br)nn(C([2H])([2H])C([2H])([2H])O)c1[2H]. The average Bonchev–Trinajstić information content (AvgIpc) is 2.31. The molecule has 1 aromatic heterocycles. The van der Waals surface area contributed by atoms with E-state index in [0.29, 0.717) is 4.68 Å². The van der Waals surface area contributed by atoms with Gasteiger partial charge < -0.3 is 5.11 Å². The third kappa shape index (κ3) is 1.80. The van der Waals surface area contributed by atoms with Crippen molar-refractivity contribution in [2.24, 2.45) is 0 Å². The van der Waals surface area contributed by atoms with Gasteiger partial charge in [0.05, 0.1) is 21.3 Å². The van der Waals surface area contributed by atoms with Crippen LogP contribution in [0.25, 0.3) is 0 Å². The zero-order valence-electron chi connectivity index (χ0n) is 10.2. The van der Waals surface area contributed by atoms with Gasteiger partial charge in [0.1, 0.15) is 4.60 Å². The minimum absolute atomic E-state index is 0.0828. The van der Waals surface area contributed by atoms with Crippen molar-refractivity contribution in [3.8, 4) is 0 Å². The van der Waals surface area contributed by atoms with Crippen molar-refractivity contribution < 1.29 is 13.3 Å². The van der Waals surface area contributed by atoms with Crippen LogP contribution in [0, 0.1) is 0 Å². The molecule has 0 fully saturated rings. The molecule has 3 nitrogen and oxygen atoms in total. The lowest BCUT2D eigenvalue weighted by Gasteiger charge is -1.92. The lowest BCUT2D eigenvalue weighted by Crippen LogP contribution is -2.01. The van der Waals surface area contributed by atoms with Gasteiger partial charge in [0.2, 0.25) is 0 Å². The summed E-state index contributed by atoms with van der Waals surface area (Å²) in [6.07, 6.45) is -0.621. The second-order valence-corrected chi connectivity index (χ2v) is 1.91. The molecule has 0 aliphatic carbocycles. The molecular formula is C5H7BrN2O. The van der Waals surface area contributed by atoms with Crippen LogP contribution < -0.4 is 0 Å². The second kappa shape index (κ2) is 2.98. The first-order chi connectivity index (χ1) is 6.59. The molecule has 0 aromatic carbocycles. The quantitative estimate of drug-likeness (QED) is 0.755. The largest absolute Gasteiger partial charge is 0.394 e. The summed E-state index contributed by atoms with van der Waals surface area (Å²) < 4.78 is 43.1. The minimum Gasteiger partial charge on any atom is -0.394 e. The van der Waals surface area contributed by atoms with Gasteiger partial charge in [0, 0.05) is 6.17 Å². The van der Waals surface area contributed by atoms with Crippen LogP contribution >= 0.6 is 15.9 Å². The molecule has 9 heavy (non-hydrogen) atoms. The third-order valence-corrected chi connectivity index (χ3v) is 0.965. The van der Waals surface area contributed by atoms with Crippen molar-refractivity contribution in [1.29, 1.82) is 0 Å². The molecule has 0 bridgehead atoms. The second-order valence-electron chi connectivity index (χ2n) is 1.16. The highest BCUT2D eigenvalue weighted by atomic mass is 79.9. The van der Waals surface area contributed by atoms with Crippen molar-refractivity contribution in [3.63, 3.8) is 0 Å². The molecule has 4 heteroatoms. The highest BCUT2D eigenvalue weighted by Crippen LogP contribution is 2.02. The maximum Gasteiger partial charge on any atom is 0.128 e. The maximum atomic E-state index is 8.96. The molecule has 1 aromatic rings. The zero-order valence-corrected chi connectivity index (χ0v) is 5.81. The fourth-order valence-corrected chi connectivity index (χ4v) is 0.584. The zero-order chi connectivity index (χ0) is 12.0. The lowest BCUT2D eigenvalue weighted by atomic mass is 10.7. The monoisotopic (exact) mass is 196 g/mol. The summed E-state index contributed by atoms with van der Waals surface area (Å²) in [5.41, 5.74) is 0. The van der Waals surface area contributed by atoms with E-state index in [-0.39, 0.29) is 10.6 Å². The van der Waals surface area contributed by atoms with Crippen LogP contribution in [0.3, 0.4) is 0 Å². The number of hydrogen-bond acceptors (Lipinski definition) is 2. The van der Waals surface area contributed by atoms with Gasteiger partial charge in [-0.1, -0.05) is 0 Å². The Kier molecular flexibility index (Phi) is 0.782. The van der Waals surface area contributed by atoms with Gasteiger partial charge in [0.25, 0.3) is 0 Å². The number of nitrogens with zero attached hydrogens (tertiary/aromatic N) is 2. The summed E-state index contributed by atoms with van der Waals surface area (Å²) in [5, 5.41) is 12.4. The molecule has 0 spiro atoms. The Balaban J connectivity index is 3.34. The third-order valence-electron chi connectivity index (χ3n) is 0.609. The van der Waals surface area contributed by atoms with Gasteiger partial charge >= 0.3 is 0 Å². The smallest absolute Gasteiger partial charge is 0.128 e. The predicted octanol–water partition coefficient (Wildman–Crippen LogP) is 0.638. The molecule has 0 unspecified atom stereocenters. The standard InChI is InChI=1S/C5H7BrN2O/c6-5-1-2-8(7-5)3-4-9/h1-2,9H,3-4H2/i1D,2D,3D2,4D2. The number of halogens is 1. The molecule has 0 saturated carbocycles. The molecule has 0 aliphatic rings. The summed E-state index contributed by atoms with van der Waals surface area (Å²) >= 11 is 2.82. The Morgan fingerprint density at radius 1 is 2.11 bits per heavy atom. The fraction of sp³-hybridized carbons (Fsp3) is 0.400. The van der Waals surface area contributed by atoms with E-state index in [9.17, 15) is 0 Å². The van der Waals surface area contributed by atoms with E-state index >= 15 is 0 Å². The van der Waals surface area contributed by atoms with Crippen LogP contribution in [0.2, 0.25) is 0 Å². The van der Waals surface area contributed by atoms with E-state index < -0.39 is 19.2 Å². The first-order valence-electron chi connectivity index (χ1n) is 5.03. The molecule has 0 amide bonds. The van der Waals surface area contributed by atoms with Crippen LogP contribution in [0.4, 0.5) is 0 Å². The van der Waals surface area contributed by atoms with Gasteiger partial charge in [-0.05, 0) is 22.0 Å². The number of hydrogen-bond donors (Lipinski definition) is 1. The molecule has 0 aliphatic heterocycles. The lowest BCUT2D eigenvalue weighted by molar-refractivity contribution is 0.269. The van der Waals surface area contributed by atoms with Crippen LogP contribution in [0.1, 0.15) is 8.22 Å². The molecule has 1 N–H and O–H groups in total. The number of aromatic nitrogens is 2. The minimum atomic E-state index is -3.19. The summed E-state index contributed by atoms with van der Waals surface area (Å²) in [5.74, 6) is 0. The van der Waals surface area contributed by atoms with E-state index in [0.717, 1.165) is 0 Å². The van der Waals surface area contributed by atoms with Crippen molar-refractivity contribution in [1.82, 2.24) is 9.78 Å². The maximum absolute atomic E-state index is 8.96. The Bertz CT molecular complexity index is 386. The number of rotatable bonds is 2. The van der Waals surface area contributed by atoms with Gasteiger partial charge in [-0.3, -0.25) is 4.68 Å². The Hall–Kier alpha value is -0.350. The van der Waals surface area contributed by atoms with Gasteiger partial charge in [-0.2, -0.15) is 5.10 Å². The highest BCUT2D eigenvalue weighted by Gasteiger charge is 1.90. The van der Waals surface area contributed by atoms with Crippen molar-refractivity contribution in [2.75, 3.05) is 6.56 Å². The molecule has 0 saturated heterocycles. The van der Waals surface area contributed by atoms with Gasteiger partial charge in [0.15, 0.2) is 0 Å². The first-order valence-corrected chi connectivity index (χ1v) is 2.83. The fourth-order valence-electron chi connectivity index (χ4n) is 0.337. The predicted molar refractivity (Wildman–Crippen MR) is 37.0 cm³/mol. The van der Waals surface area contributed by atoms with E-state index in [2.05, 4.69) is 21.0 Å². The molecule has 50 valence electrons. The molecule has 0 atom stereocenters. The van der Waals surface area contributed by atoms with E-state index in [1.807, 2.05) is 0 Å². The first kappa shape index (κ1) is 2.36. The summed E-state index contributed by atoms with van der Waals surface area (Å²) in [6.45, 7) is -6.10. The van der Waals surface area contributed by atoms with E-state index in [1.165, 1.54) is 0 Å². The Morgan fingerprint density at radius 3 is 3.33 bits per heavy atom. The summed E-state index contributed by atoms with van der Waals surface area (Å²) in [7, 11) is 0. The molecule has 1 rings (SSSR count). The normalized spacial score (nSPS) is 22.9. The van der Waals surface area contributed by atoms with Crippen molar-refractivity contribution >= 4 is 15.9 Å². The van der Waals surface area contributed by atoms with Gasteiger partial charge in [-0.25, -0.2) is 0 Å². The van der Waals surface area contributed by atoms with E-state index in [1.54, 1.807) is 0 Å².